The number of aliphatic hydroxyl groups is 1. The van der Waals surface area contributed by atoms with Gasteiger partial charge in [-0.05, 0) is 17.2 Å². The largest absolute Gasteiger partial charge is 0.384 e. The lowest BCUT2D eigenvalue weighted by molar-refractivity contribution is 0.232. The highest BCUT2D eigenvalue weighted by Gasteiger charge is 2.15. The minimum absolute atomic E-state index is 0.439. The van der Waals surface area contributed by atoms with Gasteiger partial charge in [0.1, 0.15) is 5.01 Å². The van der Waals surface area contributed by atoms with Gasteiger partial charge in [-0.2, -0.15) is 0 Å². The second-order valence-electron chi connectivity index (χ2n) is 3.48. The van der Waals surface area contributed by atoms with E-state index in [-0.39, 0.29) is 0 Å². The van der Waals surface area contributed by atoms with Crippen LogP contribution < -0.4 is 0 Å². The Balaban J connectivity index is 2.11. The number of hydrogen-bond donors (Lipinski definition) is 1. The molecule has 0 radical (unpaired) electrons. The second kappa shape index (κ2) is 3.29. The van der Waals surface area contributed by atoms with E-state index in [9.17, 15) is 5.11 Å². The molecule has 3 heteroatoms. The van der Waals surface area contributed by atoms with Crippen LogP contribution in [0.2, 0.25) is 0 Å². The lowest BCUT2D eigenvalue weighted by Crippen LogP contribution is -1.90. The van der Waals surface area contributed by atoms with Crippen molar-refractivity contribution in [2.45, 2.75) is 6.10 Å². The molecule has 0 fully saturated rings. The lowest BCUT2D eigenvalue weighted by atomic mass is 10.1. The number of hydrogen-bond acceptors (Lipinski definition) is 3. The fourth-order valence-corrected chi connectivity index (χ4v) is 2.42. The van der Waals surface area contributed by atoms with Gasteiger partial charge in [-0.25, -0.2) is 4.98 Å². The fraction of sp³-hybridized carbons (Fsp3) is 0.0833. The Kier molecular flexibility index (Phi) is 1.94. The number of aliphatic hydroxyl groups excluding tert-OH is 1. The van der Waals surface area contributed by atoms with Gasteiger partial charge >= 0.3 is 0 Å². The van der Waals surface area contributed by atoms with Gasteiger partial charge in [0.05, 0.1) is 6.10 Å². The molecule has 1 aliphatic rings. The molecule has 3 rings (SSSR count). The molecule has 74 valence electrons. The number of thiazole rings is 1. The van der Waals surface area contributed by atoms with Crippen LogP contribution in [-0.2, 0) is 0 Å². The molecular formula is C12H9NOS. The zero-order chi connectivity index (χ0) is 10.3. The van der Waals surface area contributed by atoms with Crippen LogP contribution in [0, 0.1) is 0 Å². The van der Waals surface area contributed by atoms with Crippen LogP contribution >= 0.6 is 11.3 Å². The Labute approximate surface area is 91.5 Å². The third-order valence-electron chi connectivity index (χ3n) is 2.54. The molecule has 0 spiro atoms. The Morgan fingerprint density at radius 2 is 2.27 bits per heavy atom. The van der Waals surface area contributed by atoms with E-state index in [1.54, 1.807) is 23.6 Å². The van der Waals surface area contributed by atoms with E-state index in [1.807, 2.05) is 23.6 Å². The van der Waals surface area contributed by atoms with Gasteiger partial charge in [0.25, 0.3) is 0 Å². The van der Waals surface area contributed by atoms with Crippen LogP contribution in [0.15, 0.2) is 35.9 Å². The van der Waals surface area contributed by atoms with E-state index in [4.69, 9.17) is 0 Å². The summed E-state index contributed by atoms with van der Waals surface area (Å²) in [7, 11) is 0. The SMILES string of the molecule is OC1C=Cc2cc(-c3nccs3)ccc21. The van der Waals surface area contributed by atoms with Gasteiger partial charge < -0.3 is 5.11 Å². The summed E-state index contributed by atoms with van der Waals surface area (Å²) >= 11 is 1.62. The maximum atomic E-state index is 9.60. The average Bonchev–Trinajstić information content (AvgIpc) is 2.88. The topological polar surface area (TPSA) is 33.1 Å². The molecular weight excluding hydrogens is 206 g/mol. The van der Waals surface area contributed by atoms with E-state index in [0.29, 0.717) is 0 Å². The first-order valence-corrected chi connectivity index (χ1v) is 5.62. The molecule has 1 atom stereocenters. The predicted octanol–water partition coefficient (Wildman–Crippen LogP) is 2.87. The molecule has 1 aromatic heterocycles. The molecule has 1 heterocycles. The second-order valence-corrected chi connectivity index (χ2v) is 4.38. The molecule has 0 saturated carbocycles. The molecule has 0 saturated heterocycles. The number of aromatic nitrogens is 1. The Morgan fingerprint density at radius 1 is 1.33 bits per heavy atom. The first kappa shape index (κ1) is 8.83. The van der Waals surface area contributed by atoms with Crippen LogP contribution in [0.5, 0.6) is 0 Å². The van der Waals surface area contributed by atoms with Crippen LogP contribution in [-0.4, -0.2) is 10.1 Å². The monoisotopic (exact) mass is 215 g/mol. The van der Waals surface area contributed by atoms with Crippen LogP contribution in [0.4, 0.5) is 0 Å². The highest BCUT2D eigenvalue weighted by atomic mass is 32.1. The van der Waals surface area contributed by atoms with Gasteiger partial charge in [0.15, 0.2) is 0 Å². The predicted molar refractivity (Wildman–Crippen MR) is 61.5 cm³/mol. The van der Waals surface area contributed by atoms with Crippen molar-refractivity contribution in [3.8, 4) is 10.6 Å². The summed E-state index contributed by atoms with van der Waals surface area (Å²) < 4.78 is 0. The molecule has 1 aliphatic carbocycles. The highest BCUT2D eigenvalue weighted by Crippen LogP contribution is 2.32. The highest BCUT2D eigenvalue weighted by molar-refractivity contribution is 7.13. The minimum Gasteiger partial charge on any atom is -0.384 e. The van der Waals surface area contributed by atoms with Crippen LogP contribution in [0.25, 0.3) is 16.6 Å². The van der Waals surface area contributed by atoms with E-state index in [0.717, 1.165) is 21.7 Å². The molecule has 15 heavy (non-hydrogen) atoms. The molecule has 2 nitrogen and oxygen atoms in total. The molecule has 0 bridgehead atoms. The van der Waals surface area contributed by atoms with Crippen molar-refractivity contribution in [3.05, 3.63) is 47.0 Å². The van der Waals surface area contributed by atoms with Crippen molar-refractivity contribution in [3.63, 3.8) is 0 Å². The van der Waals surface area contributed by atoms with Gasteiger partial charge in [-0.3, -0.25) is 0 Å². The summed E-state index contributed by atoms with van der Waals surface area (Å²) in [4.78, 5) is 4.26. The van der Waals surface area contributed by atoms with E-state index >= 15 is 0 Å². The quantitative estimate of drug-likeness (QED) is 0.793. The standard InChI is InChI=1S/C12H9NOS/c14-11-4-2-8-7-9(1-3-10(8)11)12-13-5-6-15-12/h1-7,11,14H. The first-order valence-electron chi connectivity index (χ1n) is 4.75. The number of benzene rings is 1. The van der Waals surface area contributed by atoms with Crippen molar-refractivity contribution < 1.29 is 5.11 Å². The summed E-state index contributed by atoms with van der Waals surface area (Å²) in [6, 6.07) is 6.05. The molecule has 1 unspecified atom stereocenters. The molecule has 1 aromatic carbocycles. The summed E-state index contributed by atoms with van der Waals surface area (Å²) in [5.74, 6) is 0. The summed E-state index contributed by atoms with van der Waals surface area (Å²) in [6.07, 6.45) is 5.12. The van der Waals surface area contributed by atoms with Crippen LogP contribution in [0.3, 0.4) is 0 Å². The van der Waals surface area contributed by atoms with Crippen molar-refractivity contribution in [2.24, 2.45) is 0 Å². The number of rotatable bonds is 1. The Morgan fingerprint density at radius 3 is 3.07 bits per heavy atom. The van der Waals surface area contributed by atoms with Gasteiger partial charge in [-0.1, -0.05) is 24.3 Å². The van der Waals surface area contributed by atoms with Gasteiger partial charge in [0, 0.05) is 17.1 Å². The average molecular weight is 215 g/mol. The van der Waals surface area contributed by atoms with E-state index in [1.165, 1.54) is 0 Å². The van der Waals surface area contributed by atoms with E-state index in [2.05, 4.69) is 11.1 Å². The van der Waals surface area contributed by atoms with Crippen LogP contribution in [0.1, 0.15) is 17.2 Å². The van der Waals surface area contributed by atoms with Crippen molar-refractivity contribution in [2.75, 3.05) is 0 Å². The summed E-state index contributed by atoms with van der Waals surface area (Å²) in [5, 5.41) is 12.6. The Hall–Kier alpha value is -1.45. The third kappa shape index (κ3) is 1.40. The van der Waals surface area contributed by atoms with Crippen molar-refractivity contribution >= 4 is 17.4 Å². The summed E-state index contributed by atoms with van der Waals surface area (Å²) in [6.45, 7) is 0. The smallest absolute Gasteiger partial charge is 0.123 e. The molecule has 1 N–H and O–H groups in total. The zero-order valence-corrected chi connectivity index (χ0v) is 8.74. The zero-order valence-electron chi connectivity index (χ0n) is 7.92. The normalized spacial score (nSPS) is 18.1. The fourth-order valence-electron chi connectivity index (χ4n) is 1.79. The van der Waals surface area contributed by atoms with Gasteiger partial charge in [-0.15, -0.1) is 11.3 Å². The Bertz CT molecular complexity index is 516. The number of fused-ring (bicyclic) bond motifs is 1. The maximum Gasteiger partial charge on any atom is 0.123 e. The maximum absolute atomic E-state index is 9.60. The first-order chi connectivity index (χ1) is 7.34. The lowest BCUT2D eigenvalue weighted by Gasteiger charge is -2.04. The minimum atomic E-state index is -0.439. The molecule has 0 amide bonds. The summed E-state index contributed by atoms with van der Waals surface area (Å²) in [5.41, 5.74) is 3.19. The molecule has 0 aliphatic heterocycles. The van der Waals surface area contributed by atoms with Crippen molar-refractivity contribution in [1.82, 2.24) is 4.98 Å². The number of nitrogens with zero attached hydrogens (tertiary/aromatic N) is 1. The molecule has 2 aromatic rings. The van der Waals surface area contributed by atoms with Crippen molar-refractivity contribution in [1.29, 1.82) is 0 Å². The third-order valence-corrected chi connectivity index (χ3v) is 3.36. The van der Waals surface area contributed by atoms with Gasteiger partial charge in [0.2, 0.25) is 0 Å². The van der Waals surface area contributed by atoms with E-state index < -0.39 is 6.10 Å².